The number of sulfonamides is 1. The Labute approximate surface area is 204 Å². The molecular formula is C22H32ClF3N4O3S. The highest BCUT2D eigenvalue weighted by molar-refractivity contribution is 7.89. The minimum Gasteiger partial charge on any atom is -0.378 e. The van der Waals surface area contributed by atoms with Gasteiger partial charge in [-0.15, -0.1) is 0 Å². The van der Waals surface area contributed by atoms with E-state index in [0.717, 1.165) is 50.1 Å². The average Bonchev–Trinajstić information content (AvgIpc) is 3.58. The van der Waals surface area contributed by atoms with Crippen LogP contribution in [0.25, 0.3) is 0 Å². The second-order valence-corrected chi connectivity index (χ2v) is 12.1. The molecule has 0 amide bonds. The molecule has 192 valence electrons. The van der Waals surface area contributed by atoms with Gasteiger partial charge in [-0.25, -0.2) is 22.7 Å². The molecule has 1 aliphatic carbocycles. The summed E-state index contributed by atoms with van der Waals surface area (Å²) in [6, 6.07) is 0. The van der Waals surface area contributed by atoms with Crippen molar-refractivity contribution in [1.82, 2.24) is 14.3 Å². The van der Waals surface area contributed by atoms with E-state index in [-0.39, 0.29) is 19.2 Å². The lowest BCUT2D eigenvalue weighted by Crippen LogP contribution is -2.42. The molecule has 2 atom stereocenters. The van der Waals surface area contributed by atoms with Crippen LogP contribution >= 0.6 is 11.6 Å². The molecule has 0 spiro atoms. The van der Waals surface area contributed by atoms with Gasteiger partial charge in [0.2, 0.25) is 16.0 Å². The normalized spacial score (nSPS) is 25.6. The zero-order valence-corrected chi connectivity index (χ0v) is 20.7. The van der Waals surface area contributed by atoms with Gasteiger partial charge in [0.15, 0.2) is 0 Å². The third-order valence-electron chi connectivity index (χ3n) is 7.29. The summed E-state index contributed by atoms with van der Waals surface area (Å²) in [6.07, 6.45) is 3.05. The maximum absolute atomic E-state index is 12.4. The number of nitrogens with zero attached hydrogens (tertiary/aromatic N) is 4. The Balaban J connectivity index is 1.10. The minimum atomic E-state index is -4.46. The molecule has 3 heterocycles. The van der Waals surface area contributed by atoms with Crippen molar-refractivity contribution in [2.75, 3.05) is 43.4 Å². The fourth-order valence-corrected chi connectivity index (χ4v) is 6.83. The maximum atomic E-state index is 12.4. The Morgan fingerprint density at radius 2 is 1.71 bits per heavy atom. The molecule has 4 rings (SSSR count). The number of halogens is 4. The summed E-state index contributed by atoms with van der Waals surface area (Å²) in [5.41, 5.74) is 0. The van der Waals surface area contributed by atoms with Crippen LogP contribution in [0, 0.1) is 17.8 Å². The van der Waals surface area contributed by atoms with E-state index < -0.39 is 28.4 Å². The average molecular weight is 525 g/mol. The van der Waals surface area contributed by atoms with E-state index >= 15 is 0 Å². The molecule has 2 saturated heterocycles. The van der Waals surface area contributed by atoms with E-state index in [0.29, 0.717) is 30.4 Å². The standard InChI is InChI=1S/C22H32ClF3N4O3S/c23-18-14-27-21(28-15-18)29-7-1-16(2-8-29)20-13-17(20)5-11-33-19-3-9-30(10-4-19)34(31,32)12-6-22(24,25)26/h14-17,19-20H,1-13H2. The van der Waals surface area contributed by atoms with Crippen LogP contribution < -0.4 is 4.90 Å². The molecule has 3 fully saturated rings. The molecule has 12 heteroatoms. The Hall–Kier alpha value is -1.17. The second kappa shape index (κ2) is 10.8. The quantitative estimate of drug-likeness (QED) is 0.483. The summed E-state index contributed by atoms with van der Waals surface area (Å²) in [7, 11) is -3.87. The van der Waals surface area contributed by atoms with E-state index in [1.54, 1.807) is 12.4 Å². The van der Waals surface area contributed by atoms with Crippen molar-refractivity contribution in [2.24, 2.45) is 17.8 Å². The lowest BCUT2D eigenvalue weighted by atomic mass is 9.90. The number of hydrogen-bond acceptors (Lipinski definition) is 6. The molecule has 0 bridgehead atoms. The Kier molecular flexibility index (Phi) is 8.26. The van der Waals surface area contributed by atoms with Crippen molar-refractivity contribution in [2.45, 2.75) is 57.2 Å². The molecule has 2 aliphatic heterocycles. The lowest BCUT2D eigenvalue weighted by molar-refractivity contribution is -0.130. The lowest BCUT2D eigenvalue weighted by Gasteiger charge is -2.32. The first kappa shape index (κ1) is 25.9. The van der Waals surface area contributed by atoms with Crippen LogP contribution in [0.5, 0.6) is 0 Å². The number of anilines is 1. The van der Waals surface area contributed by atoms with Gasteiger partial charge in [-0.3, -0.25) is 0 Å². The summed E-state index contributed by atoms with van der Waals surface area (Å²) in [4.78, 5) is 10.8. The fourth-order valence-electron chi connectivity index (χ4n) is 5.21. The number of ether oxygens (including phenoxy) is 1. The van der Waals surface area contributed by atoms with Gasteiger partial charge in [-0.1, -0.05) is 11.6 Å². The number of aromatic nitrogens is 2. The molecule has 34 heavy (non-hydrogen) atoms. The van der Waals surface area contributed by atoms with Gasteiger partial charge in [0.25, 0.3) is 0 Å². The second-order valence-electron chi connectivity index (χ2n) is 9.62. The molecule has 1 aromatic rings. The molecule has 1 aromatic heterocycles. The molecule has 7 nitrogen and oxygen atoms in total. The predicted octanol–water partition coefficient (Wildman–Crippen LogP) is 4.14. The molecule has 2 unspecified atom stereocenters. The van der Waals surface area contributed by atoms with Gasteiger partial charge in [0, 0.05) is 32.8 Å². The van der Waals surface area contributed by atoms with Crippen molar-refractivity contribution in [3.8, 4) is 0 Å². The fraction of sp³-hybridized carbons (Fsp3) is 0.818. The van der Waals surface area contributed by atoms with Crippen LogP contribution in [-0.4, -0.2) is 73.5 Å². The summed E-state index contributed by atoms with van der Waals surface area (Å²) >= 11 is 5.87. The molecule has 1 saturated carbocycles. The summed E-state index contributed by atoms with van der Waals surface area (Å²) in [5.74, 6) is 2.02. The third kappa shape index (κ3) is 7.18. The van der Waals surface area contributed by atoms with Crippen LogP contribution in [-0.2, 0) is 14.8 Å². The van der Waals surface area contributed by atoms with Crippen molar-refractivity contribution in [3.05, 3.63) is 17.4 Å². The van der Waals surface area contributed by atoms with E-state index in [1.807, 2.05) is 0 Å². The number of hydrogen-bond donors (Lipinski definition) is 0. The topological polar surface area (TPSA) is 75.6 Å². The smallest absolute Gasteiger partial charge is 0.378 e. The molecule has 3 aliphatic rings. The van der Waals surface area contributed by atoms with Gasteiger partial charge in [0.05, 0.1) is 35.7 Å². The van der Waals surface area contributed by atoms with Crippen LogP contribution in [0.15, 0.2) is 12.4 Å². The minimum absolute atomic E-state index is 0.0196. The third-order valence-corrected chi connectivity index (χ3v) is 9.36. The van der Waals surface area contributed by atoms with Crippen molar-refractivity contribution in [1.29, 1.82) is 0 Å². The van der Waals surface area contributed by atoms with Gasteiger partial charge in [0.1, 0.15) is 0 Å². The zero-order chi connectivity index (χ0) is 24.3. The van der Waals surface area contributed by atoms with Crippen LogP contribution in [0.4, 0.5) is 19.1 Å². The van der Waals surface area contributed by atoms with Crippen molar-refractivity contribution in [3.63, 3.8) is 0 Å². The molecule has 0 N–H and O–H groups in total. The van der Waals surface area contributed by atoms with Gasteiger partial charge >= 0.3 is 6.18 Å². The first-order chi connectivity index (χ1) is 16.1. The van der Waals surface area contributed by atoms with Gasteiger partial charge < -0.3 is 9.64 Å². The highest BCUT2D eigenvalue weighted by Gasteiger charge is 2.43. The van der Waals surface area contributed by atoms with E-state index in [9.17, 15) is 21.6 Å². The van der Waals surface area contributed by atoms with Crippen molar-refractivity contribution < 1.29 is 26.3 Å². The highest BCUT2D eigenvalue weighted by Crippen LogP contribution is 2.50. The molecule has 0 aromatic carbocycles. The van der Waals surface area contributed by atoms with Crippen molar-refractivity contribution >= 4 is 27.6 Å². The Morgan fingerprint density at radius 3 is 2.32 bits per heavy atom. The number of alkyl halides is 3. The molecular weight excluding hydrogens is 493 g/mol. The van der Waals surface area contributed by atoms with Crippen LogP contribution in [0.1, 0.15) is 44.9 Å². The maximum Gasteiger partial charge on any atom is 0.390 e. The summed E-state index contributed by atoms with van der Waals surface area (Å²) in [5, 5.41) is 0.540. The predicted molar refractivity (Wildman–Crippen MR) is 123 cm³/mol. The number of rotatable bonds is 9. The SMILES string of the molecule is O=S(=O)(CCC(F)(F)F)N1CCC(OCCC2CC2C2CCN(c3ncc(Cl)cn3)CC2)CC1. The largest absolute Gasteiger partial charge is 0.390 e. The van der Waals surface area contributed by atoms with Gasteiger partial charge in [-0.2, -0.15) is 13.2 Å². The Bertz CT molecular complexity index is 903. The van der Waals surface area contributed by atoms with E-state index in [2.05, 4.69) is 14.9 Å². The zero-order valence-electron chi connectivity index (χ0n) is 19.1. The first-order valence-electron chi connectivity index (χ1n) is 12.0. The monoisotopic (exact) mass is 524 g/mol. The van der Waals surface area contributed by atoms with Gasteiger partial charge in [-0.05, 0) is 56.3 Å². The summed E-state index contributed by atoms with van der Waals surface area (Å²) < 4.78 is 68.5. The van der Waals surface area contributed by atoms with Crippen LogP contribution in [0.3, 0.4) is 0 Å². The molecule has 0 radical (unpaired) electrons. The first-order valence-corrected chi connectivity index (χ1v) is 14.0. The summed E-state index contributed by atoms with van der Waals surface area (Å²) in [6.45, 7) is 3.02. The number of piperidine rings is 2. The van der Waals surface area contributed by atoms with E-state index in [1.165, 1.54) is 10.7 Å². The van der Waals surface area contributed by atoms with Crippen LogP contribution in [0.2, 0.25) is 5.02 Å². The Morgan fingerprint density at radius 1 is 1.06 bits per heavy atom. The highest BCUT2D eigenvalue weighted by atomic mass is 35.5. The van der Waals surface area contributed by atoms with E-state index in [4.69, 9.17) is 16.3 Å².